The van der Waals surface area contributed by atoms with E-state index in [1.54, 1.807) is 25.1 Å². The topological polar surface area (TPSA) is 109 Å². The Labute approximate surface area is 176 Å². The van der Waals surface area contributed by atoms with Gasteiger partial charge in [-0.1, -0.05) is 17.3 Å². The van der Waals surface area contributed by atoms with E-state index >= 15 is 0 Å². The molecule has 1 aliphatic rings. The number of hydrogen-bond donors (Lipinski definition) is 0. The summed E-state index contributed by atoms with van der Waals surface area (Å²) in [4.78, 5) is 18.7. The van der Waals surface area contributed by atoms with Crippen LogP contribution in [0.4, 0.5) is 0 Å². The van der Waals surface area contributed by atoms with E-state index in [4.69, 9.17) is 9.26 Å². The van der Waals surface area contributed by atoms with Gasteiger partial charge in [0.1, 0.15) is 5.75 Å². The number of carbonyl (C=O) groups excluding carboxylic acids is 1. The fraction of sp³-hybridized carbons (Fsp3) is 0.526. The van der Waals surface area contributed by atoms with Crippen LogP contribution in [-0.2, 0) is 21.5 Å². The number of carbonyl (C=O) groups is 1. The van der Waals surface area contributed by atoms with Crippen molar-refractivity contribution in [2.75, 3.05) is 41.3 Å². The summed E-state index contributed by atoms with van der Waals surface area (Å²) in [5, 5.41) is 3.98. The molecule has 0 N–H and O–H groups in total. The molecule has 30 heavy (non-hydrogen) atoms. The van der Waals surface area contributed by atoms with E-state index < -0.39 is 10.2 Å². The van der Waals surface area contributed by atoms with Crippen molar-refractivity contribution >= 4 is 16.1 Å². The van der Waals surface area contributed by atoms with Gasteiger partial charge in [-0.25, -0.2) is 0 Å². The Kier molecular flexibility index (Phi) is 6.74. The van der Waals surface area contributed by atoms with Crippen LogP contribution in [0.5, 0.6) is 5.75 Å². The SMILES string of the molecule is COc1cccc(-c2noc(CN(C)C(=O)C3CCN(S(=O)(=O)N(C)C)CC3)n2)c1. The second kappa shape index (κ2) is 9.11. The van der Waals surface area contributed by atoms with Gasteiger partial charge in [-0.15, -0.1) is 0 Å². The Bertz CT molecular complexity index is 983. The average Bonchev–Trinajstić information content (AvgIpc) is 3.21. The maximum absolute atomic E-state index is 12.8. The molecule has 0 radical (unpaired) electrons. The molecule has 3 rings (SSSR count). The quantitative estimate of drug-likeness (QED) is 0.641. The monoisotopic (exact) mass is 437 g/mol. The van der Waals surface area contributed by atoms with Crippen molar-refractivity contribution < 1.29 is 22.5 Å². The first-order chi connectivity index (χ1) is 14.2. The van der Waals surface area contributed by atoms with E-state index in [2.05, 4.69) is 10.1 Å². The van der Waals surface area contributed by atoms with E-state index in [0.29, 0.717) is 43.4 Å². The van der Waals surface area contributed by atoms with E-state index in [-0.39, 0.29) is 18.4 Å². The number of hydrogen-bond acceptors (Lipinski definition) is 7. The van der Waals surface area contributed by atoms with E-state index in [1.165, 1.54) is 22.7 Å². The summed E-state index contributed by atoms with van der Waals surface area (Å²) in [6.07, 6.45) is 0.963. The van der Waals surface area contributed by atoms with Gasteiger partial charge in [-0.2, -0.15) is 22.0 Å². The molecule has 0 spiro atoms. The predicted molar refractivity (Wildman–Crippen MR) is 110 cm³/mol. The standard InChI is InChI=1S/C19H27N5O5S/c1-22(2)30(26,27)24-10-8-14(9-11-24)19(25)23(3)13-17-20-18(21-29-17)15-6-5-7-16(12-15)28-4/h5-7,12,14H,8-11,13H2,1-4H3. The van der Waals surface area contributed by atoms with Crippen molar-refractivity contribution in [2.24, 2.45) is 5.92 Å². The van der Waals surface area contributed by atoms with Gasteiger partial charge < -0.3 is 14.2 Å². The summed E-state index contributed by atoms with van der Waals surface area (Å²) in [5.74, 6) is 1.15. The molecule has 1 aromatic heterocycles. The molecule has 11 heteroatoms. The summed E-state index contributed by atoms with van der Waals surface area (Å²) in [6.45, 7) is 0.836. The lowest BCUT2D eigenvalue weighted by molar-refractivity contribution is -0.136. The van der Waals surface area contributed by atoms with Crippen LogP contribution in [-0.4, -0.2) is 79.3 Å². The normalized spacial score (nSPS) is 16.0. The lowest BCUT2D eigenvalue weighted by Gasteiger charge is -2.33. The van der Waals surface area contributed by atoms with Crippen molar-refractivity contribution in [1.82, 2.24) is 23.7 Å². The third kappa shape index (κ3) is 4.79. The molecule has 0 saturated carbocycles. The van der Waals surface area contributed by atoms with Gasteiger partial charge in [0.25, 0.3) is 10.2 Å². The van der Waals surface area contributed by atoms with Crippen LogP contribution in [0.3, 0.4) is 0 Å². The summed E-state index contributed by atoms with van der Waals surface area (Å²) in [5.41, 5.74) is 0.757. The molecule has 1 amide bonds. The fourth-order valence-corrected chi connectivity index (χ4v) is 4.49. The second-order valence-electron chi connectivity index (χ2n) is 7.40. The number of rotatable bonds is 7. The number of ether oxygens (including phenoxy) is 1. The van der Waals surface area contributed by atoms with E-state index in [9.17, 15) is 13.2 Å². The van der Waals surface area contributed by atoms with Crippen molar-refractivity contribution in [3.63, 3.8) is 0 Å². The van der Waals surface area contributed by atoms with Crippen LogP contribution in [0, 0.1) is 5.92 Å². The Morgan fingerprint density at radius 3 is 2.60 bits per heavy atom. The van der Waals surface area contributed by atoms with Gasteiger partial charge in [-0.05, 0) is 25.0 Å². The molecular weight excluding hydrogens is 410 g/mol. The van der Waals surface area contributed by atoms with Crippen LogP contribution in [0.25, 0.3) is 11.4 Å². The van der Waals surface area contributed by atoms with E-state index in [1.807, 2.05) is 18.2 Å². The maximum atomic E-state index is 12.8. The fourth-order valence-electron chi connectivity index (χ4n) is 3.36. The molecule has 0 atom stereocenters. The molecular formula is C19H27N5O5S. The number of piperidine rings is 1. The Balaban J connectivity index is 1.58. The lowest BCUT2D eigenvalue weighted by atomic mass is 9.97. The van der Waals surface area contributed by atoms with Gasteiger partial charge in [0.2, 0.25) is 17.6 Å². The molecule has 2 heterocycles. The zero-order valence-corrected chi connectivity index (χ0v) is 18.4. The number of benzene rings is 1. The zero-order valence-electron chi connectivity index (χ0n) is 17.6. The van der Waals surface area contributed by atoms with Gasteiger partial charge in [0, 0.05) is 45.7 Å². The highest BCUT2D eigenvalue weighted by atomic mass is 32.2. The van der Waals surface area contributed by atoms with Crippen molar-refractivity contribution in [3.05, 3.63) is 30.2 Å². The van der Waals surface area contributed by atoms with Crippen LogP contribution >= 0.6 is 0 Å². The van der Waals surface area contributed by atoms with Gasteiger partial charge in [-0.3, -0.25) is 4.79 Å². The molecule has 164 valence electrons. The first kappa shape index (κ1) is 22.2. The maximum Gasteiger partial charge on any atom is 0.281 e. The smallest absolute Gasteiger partial charge is 0.281 e. The molecule has 1 fully saturated rings. The first-order valence-electron chi connectivity index (χ1n) is 9.62. The number of methoxy groups -OCH3 is 1. The third-order valence-electron chi connectivity index (χ3n) is 5.14. The van der Waals surface area contributed by atoms with Crippen molar-refractivity contribution in [3.8, 4) is 17.1 Å². The summed E-state index contributed by atoms with van der Waals surface area (Å²) in [7, 11) is 2.83. The number of nitrogens with zero attached hydrogens (tertiary/aromatic N) is 5. The number of aromatic nitrogens is 2. The van der Waals surface area contributed by atoms with Crippen LogP contribution in [0.1, 0.15) is 18.7 Å². The third-order valence-corrected chi connectivity index (χ3v) is 7.08. The Morgan fingerprint density at radius 2 is 1.97 bits per heavy atom. The zero-order chi connectivity index (χ0) is 21.9. The minimum absolute atomic E-state index is 0.0574. The summed E-state index contributed by atoms with van der Waals surface area (Å²) >= 11 is 0. The van der Waals surface area contributed by atoms with Crippen LogP contribution in [0.2, 0.25) is 0 Å². The largest absolute Gasteiger partial charge is 0.497 e. The molecule has 0 aliphatic carbocycles. The van der Waals surface area contributed by atoms with E-state index in [0.717, 1.165) is 5.56 Å². The van der Waals surface area contributed by atoms with Gasteiger partial charge in [0.05, 0.1) is 13.7 Å². The molecule has 10 nitrogen and oxygen atoms in total. The molecule has 0 unspecified atom stereocenters. The molecule has 2 aromatic rings. The highest BCUT2D eigenvalue weighted by Crippen LogP contribution is 2.24. The average molecular weight is 438 g/mol. The Morgan fingerprint density at radius 1 is 1.27 bits per heavy atom. The van der Waals surface area contributed by atoms with Crippen LogP contribution in [0.15, 0.2) is 28.8 Å². The molecule has 1 saturated heterocycles. The summed E-state index contributed by atoms with van der Waals surface area (Å²) in [6, 6.07) is 7.31. The van der Waals surface area contributed by atoms with Crippen molar-refractivity contribution in [2.45, 2.75) is 19.4 Å². The molecule has 1 aromatic carbocycles. The first-order valence-corrected chi connectivity index (χ1v) is 11.0. The summed E-state index contributed by atoms with van der Waals surface area (Å²) < 4.78 is 37.5. The van der Waals surface area contributed by atoms with Crippen molar-refractivity contribution in [1.29, 1.82) is 0 Å². The van der Waals surface area contributed by atoms with Gasteiger partial charge in [0.15, 0.2) is 0 Å². The van der Waals surface area contributed by atoms with Crippen LogP contribution < -0.4 is 4.74 Å². The minimum atomic E-state index is -3.45. The minimum Gasteiger partial charge on any atom is -0.497 e. The molecule has 1 aliphatic heterocycles. The second-order valence-corrected chi connectivity index (χ2v) is 9.54. The highest BCUT2D eigenvalue weighted by molar-refractivity contribution is 7.86. The lowest BCUT2D eigenvalue weighted by Crippen LogP contribution is -2.47. The number of amides is 1. The highest BCUT2D eigenvalue weighted by Gasteiger charge is 2.33. The Hall–Kier alpha value is -2.50. The van der Waals surface area contributed by atoms with Gasteiger partial charge >= 0.3 is 0 Å². The predicted octanol–water partition coefficient (Wildman–Crippen LogP) is 1.22. The molecule has 0 bridgehead atoms.